The van der Waals surface area contributed by atoms with Crippen LogP contribution in [-0.2, 0) is 4.74 Å². The maximum atomic E-state index is 11.4. The Morgan fingerprint density at radius 1 is 1.25 bits per heavy atom. The second-order valence-electron chi connectivity index (χ2n) is 3.85. The summed E-state index contributed by atoms with van der Waals surface area (Å²) in [5.41, 5.74) is 0.614. The number of hydrogen-bond acceptors (Lipinski definition) is 4. The summed E-state index contributed by atoms with van der Waals surface area (Å²) in [7, 11) is 1.31. The molecule has 100 valence electrons. The second-order valence-corrected chi connectivity index (χ2v) is 4.25. The van der Waals surface area contributed by atoms with Crippen molar-refractivity contribution >= 4 is 17.6 Å². The molecular weight excluding hydrogens is 278 g/mol. The number of carbonyl (C=O) groups is 1. The zero-order valence-corrected chi connectivity index (χ0v) is 11.3. The summed E-state index contributed by atoms with van der Waals surface area (Å²) in [5, 5.41) is 9.38. The first-order chi connectivity index (χ1) is 9.65. The minimum atomic E-state index is -0.456. The topological polar surface area (TPSA) is 59.3 Å². The number of nitrogens with zero attached hydrogens (tertiary/aromatic N) is 1. The van der Waals surface area contributed by atoms with Gasteiger partial charge >= 0.3 is 5.97 Å². The number of benzene rings is 2. The van der Waals surface area contributed by atoms with Crippen LogP contribution in [0.25, 0.3) is 0 Å². The highest BCUT2D eigenvalue weighted by Crippen LogP contribution is 2.30. The molecule has 2 aromatic rings. The van der Waals surface area contributed by atoms with Gasteiger partial charge in [-0.2, -0.15) is 5.26 Å². The van der Waals surface area contributed by atoms with Gasteiger partial charge in [-0.3, -0.25) is 0 Å². The monoisotopic (exact) mass is 287 g/mol. The van der Waals surface area contributed by atoms with Crippen molar-refractivity contribution in [1.82, 2.24) is 0 Å². The SMILES string of the molecule is COC(=O)c1cccc(Oc2cccc(Cl)c2C#N)c1. The van der Waals surface area contributed by atoms with Gasteiger partial charge in [-0.05, 0) is 30.3 Å². The van der Waals surface area contributed by atoms with E-state index in [1.165, 1.54) is 13.2 Å². The number of rotatable bonds is 3. The van der Waals surface area contributed by atoms with Crippen molar-refractivity contribution in [2.24, 2.45) is 0 Å². The van der Waals surface area contributed by atoms with Gasteiger partial charge in [0.2, 0.25) is 0 Å². The maximum absolute atomic E-state index is 11.4. The van der Waals surface area contributed by atoms with Gasteiger partial charge in [0.05, 0.1) is 17.7 Å². The lowest BCUT2D eigenvalue weighted by atomic mass is 10.2. The number of nitriles is 1. The van der Waals surface area contributed by atoms with Crippen LogP contribution in [0.5, 0.6) is 11.5 Å². The van der Waals surface area contributed by atoms with Gasteiger partial charge in [-0.25, -0.2) is 4.79 Å². The summed E-state index contributed by atoms with van der Waals surface area (Å²) >= 11 is 5.92. The Bertz CT molecular complexity index is 692. The number of methoxy groups -OCH3 is 1. The maximum Gasteiger partial charge on any atom is 0.337 e. The van der Waals surface area contributed by atoms with Crippen LogP contribution in [0.4, 0.5) is 0 Å². The molecule has 0 aliphatic carbocycles. The Kier molecular flexibility index (Phi) is 4.24. The molecule has 0 amide bonds. The molecule has 2 rings (SSSR count). The third kappa shape index (κ3) is 2.90. The fourth-order valence-corrected chi connectivity index (χ4v) is 1.84. The first-order valence-corrected chi connectivity index (χ1v) is 6.08. The fraction of sp³-hybridized carbons (Fsp3) is 0.0667. The molecule has 0 bridgehead atoms. The van der Waals surface area contributed by atoms with Gasteiger partial charge in [0.1, 0.15) is 23.1 Å². The molecule has 2 aromatic carbocycles. The van der Waals surface area contributed by atoms with E-state index in [0.717, 1.165) is 0 Å². The standard InChI is InChI=1S/C15H10ClNO3/c1-19-15(18)10-4-2-5-11(8-10)20-14-7-3-6-13(16)12(14)9-17/h2-8H,1H3. The Morgan fingerprint density at radius 2 is 2.00 bits per heavy atom. The van der Waals surface area contributed by atoms with Crippen LogP contribution in [0, 0.1) is 11.3 Å². The molecule has 0 saturated heterocycles. The van der Waals surface area contributed by atoms with E-state index in [1.54, 1.807) is 36.4 Å². The highest BCUT2D eigenvalue weighted by atomic mass is 35.5. The minimum Gasteiger partial charge on any atom is -0.465 e. The van der Waals surface area contributed by atoms with E-state index in [4.69, 9.17) is 21.6 Å². The predicted molar refractivity (Wildman–Crippen MR) is 74.0 cm³/mol. The lowest BCUT2D eigenvalue weighted by Gasteiger charge is -2.09. The van der Waals surface area contributed by atoms with Crippen molar-refractivity contribution in [3.8, 4) is 17.6 Å². The Labute approximate surface area is 121 Å². The molecule has 20 heavy (non-hydrogen) atoms. The molecule has 0 aliphatic heterocycles. The van der Waals surface area contributed by atoms with E-state index in [9.17, 15) is 4.79 Å². The number of carbonyl (C=O) groups excluding carboxylic acids is 1. The van der Waals surface area contributed by atoms with Gasteiger partial charge in [-0.15, -0.1) is 0 Å². The molecule has 5 heteroatoms. The first kappa shape index (κ1) is 13.9. The number of hydrogen-bond donors (Lipinski definition) is 0. The van der Waals surface area contributed by atoms with Gasteiger partial charge in [-0.1, -0.05) is 23.7 Å². The van der Waals surface area contributed by atoms with E-state index in [-0.39, 0.29) is 5.56 Å². The molecule has 0 heterocycles. The van der Waals surface area contributed by atoms with Crippen LogP contribution in [0.2, 0.25) is 5.02 Å². The van der Waals surface area contributed by atoms with E-state index in [2.05, 4.69) is 4.74 Å². The quantitative estimate of drug-likeness (QED) is 0.806. The van der Waals surface area contributed by atoms with E-state index >= 15 is 0 Å². The summed E-state index contributed by atoms with van der Waals surface area (Å²) < 4.78 is 10.2. The molecule has 0 fully saturated rings. The van der Waals surface area contributed by atoms with Crippen LogP contribution in [0.15, 0.2) is 42.5 Å². The van der Waals surface area contributed by atoms with E-state index in [1.807, 2.05) is 6.07 Å². The molecule has 0 atom stereocenters. The van der Waals surface area contributed by atoms with Gasteiger partial charge in [0.25, 0.3) is 0 Å². The highest BCUT2D eigenvalue weighted by molar-refractivity contribution is 6.31. The molecule has 0 aliphatic rings. The number of ether oxygens (including phenoxy) is 2. The molecular formula is C15H10ClNO3. The third-order valence-electron chi connectivity index (χ3n) is 2.57. The normalized spacial score (nSPS) is 9.65. The summed E-state index contributed by atoms with van der Waals surface area (Å²) in [6, 6.07) is 13.4. The smallest absolute Gasteiger partial charge is 0.337 e. The minimum absolute atomic E-state index is 0.248. The summed E-state index contributed by atoms with van der Waals surface area (Å²) in [4.78, 5) is 11.4. The zero-order chi connectivity index (χ0) is 14.5. The van der Waals surface area contributed by atoms with Crippen LogP contribution < -0.4 is 4.74 Å². The van der Waals surface area contributed by atoms with Gasteiger partial charge in [0, 0.05) is 0 Å². The van der Waals surface area contributed by atoms with Crippen molar-refractivity contribution in [2.75, 3.05) is 7.11 Å². The second kappa shape index (κ2) is 6.09. The van der Waals surface area contributed by atoms with Crippen molar-refractivity contribution in [3.05, 3.63) is 58.6 Å². The van der Waals surface area contributed by atoms with E-state index in [0.29, 0.717) is 22.1 Å². The van der Waals surface area contributed by atoms with Crippen LogP contribution >= 0.6 is 11.6 Å². The molecule has 0 radical (unpaired) electrons. The van der Waals surface area contributed by atoms with Crippen molar-refractivity contribution < 1.29 is 14.3 Å². The van der Waals surface area contributed by atoms with E-state index < -0.39 is 5.97 Å². The molecule has 0 saturated carbocycles. The first-order valence-electron chi connectivity index (χ1n) is 5.70. The molecule has 0 spiro atoms. The molecule has 4 nitrogen and oxygen atoms in total. The average molecular weight is 288 g/mol. The molecule has 0 aromatic heterocycles. The summed E-state index contributed by atoms with van der Waals surface area (Å²) in [5.74, 6) is 0.302. The lowest BCUT2D eigenvalue weighted by molar-refractivity contribution is 0.0600. The van der Waals surface area contributed by atoms with Gasteiger partial charge < -0.3 is 9.47 Å². The Hall–Kier alpha value is -2.51. The van der Waals surface area contributed by atoms with Crippen molar-refractivity contribution in [1.29, 1.82) is 5.26 Å². The van der Waals surface area contributed by atoms with Crippen molar-refractivity contribution in [3.63, 3.8) is 0 Å². The fourth-order valence-electron chi connectivity index (χ4n) is 1.63. The number of esters is 1. The van der Waals surface area contributed by atoms with Crippen molar-refractivity contribution in [2.45, 2.75) is 0 Å². The third-order valence-corrected chi connectivity index (χ3v) is 2.89. The lowest BCUT2D eigenvalue weighted by Crippen LogP contribution is -2.01. The number of halogens is 1. The molecule has 0 N–H and O–H groups in total. The average Bonchev–Trinajstić information content (AvgIpc) is 2.47. The summed E-state index contributed by atoms with van der Waals surface area (Å²) in [6.07, 6.45) is 0. The van der Waals surface area contributed by atoms with Gasteiger partial charge in [0.15, 0.2) is 0 Å². The predicted octanol–water partition coefficient (Wildman–Crippen LogP) is 3.79. The van der Waals surface area contributed by atoms with Crippen LogP contribution in [-0.4, -0.2) is 13.1 Å². The Balaban J connectivity index is 2.34. The Morgan fingerprint density at radius 3 is 2.70 bits per heavy atom. The highest BCUT2D eigenvalue weighted by Gasteiger charge is 2.10. The van der Waals surface area contributed by atoms with Crippen LogP contribution in [0.1, 0.15) is 15.9 Å². The zero-order valence-electron chi connectivity index (χ0n) is 10.6. The summed E-state index contributed by atoms with van der Waals surface area (Å²) in [6.45, 7) is 0. The largest absolute Gasteiger partial charge is 0.465 e. The van der Waals surface area contributed by atoms with Crippen LogP contribution in [0.3, 0.4) is 0 Å². The molecule has 0 unspecified atom stereocenters.